The second-order valence-corrected chi connectivity index (χ2v) is 3.64. The van der Waals surface area contributed by atoms with Crippen LogP contribution in [-0.4, -0.2) is 35.9 Å². The summed E-state index contributed by atoms with van der Waals surface area (Å²) < 4.78 is 4.97. The third-order valence-electron chi connectivity index (χ3n) is 2.12. The van der Waals surface area contributed by atoms with E-state index in [2.05, 4.69) is 17.9 Å². The average molecular weight is 255 g/mol. The molecule has 1 unspecified atom stereocenters. The Morgan fingerprint density at radius 3 is 2.76 bits per heavy atom. The molecule has 0 saturated heterocycles. The first-order chi connectivity index (χ1) is 8.08. The van der Waals surface area contributed by atoms with Crippen LogP contribution in [0, 0.1) is 0 Å². The van der Waals surface area contributed by atoms with Gasteiger partial charge in [0.2, 0.25) is 0 Å². The van der Waals surface area contributed by atoms with Crippen LogP contribution in [0.15, 0.2) is 24.3 Å². The normalized spacial score (nSPS) is 11.6. The SMILES string of the molecule is COc1cccc(C(=O)NC(CS)C(=O)O)c1. The van der Waals surface area contributed by atoms with Gasteiger partial charge in [-0.2, -0.15) is 12.6 Å². The van der Waals surface area contributed by atoms with E-state index >= 15 is 0 Å². The smallest absolute Gasteiger partial charge is 0.327 e. The Labute approximate surface area is 104 Å². The molecule has 1 aromatic rings. The van der Waals surface area contributed by atoms with Gasteiger partial charge in [-0.15, -0.1) is 0 Å². The summed E-state index contributed by atoms with van der Waals surface area (Å²) in [5.41, 5.74) is 0.345. The number of nitrogens with one attached hydrogen (secondary N) is 1. The molecule has 0 bridgehead atoms. The van der Waals surface area contributed by atoms with Gasteiger partial charge in [0.15, 0.2) is 0 Å². The number of carbonyl (C=O) groups excluding carboxylic acids is 1. The second-order valence-electron chi connectivity index (χ2n) is 3.28. The quantitative estimate of drug-likeness (QED) is 0.680. The average Bonchev–Trinajstić information content (AvgIpc) is 2.35. The number of amides is 1. The number of thiol groups is 1. The summed E-state index contributed by atoms with van der Waals surface area (Å²) in [6.07, 6.45) is 0. The number of carboxylic acid groups (broad SMARTS) is 1. The lowest BCUT2D eigenvalue weighted by Gasteiger charge is -2.12. The molecule has 2 N–H and O–H groups in total. The van der Waals surface area contributed by atoms with Crippen LogP contribution in [0.2, 0.25) is 0 Å². The summed E-state index contributed by atoms with van der Waals surface area (Å²) in [7, 11) is 1.49. The Morgan fingerprint density at radius 2 is 2.24 bits per heavy atom. The van der Waals surface area contributed by atoms with Crippen molar-refractivity contribution in [2.45, 2.75) is 6.04 Å². The summed E-state index contributed by atoms with van der Waals surface area (Å²) in [5, 5.41) is 11.1. The summed E-state index contributed by atoms with van der Waals surface area (Å²) in [5.74, 6) is -1.01. The van der Waals surface area contributed by atoms with E-state index in [9.17, 15) is 9.59 Å². The highest BCUT2D eigenvalue weighted by atomic mass is 32.1. The molecular formula is C11H13NO4S. The van der Waals surface area contributed by atoms with Crippen LogP contribution < -0.4 is 10.1 Å². The Bertz CT molecular complexity index is 422. The van der Waals surface area contributed by atoms with Gasteiger partial charge in [-0.25, -0.2) is 4.79 Å². The molecule has 5 nitrogen and oxygen atoms in total. The van der Waals surface area contributed by atoms with Crippen molar-refractivity contribution in [3.8, 4) is 5.75 Å². The topological polar surface area (TPSA) is 75.6 Å². The van der Waals surface area contributed by atoms with Crippen molar-refractivity contribution < 1.29 is 19.4 Å². The zero-order chi connectivity index (χ0) is 12.8. The van der Waals surface area contributed by atoms with Gasteiger partial charge in [0.05, 0.1) is 7.11 Å². The molecule has 1 amide bonds. The number of carbonyl (C=O) groups is 2. The number of benzene rings is 1. The molecule has 0 aromatic heterocycles. The maximum Gasteiger partial charge on any atom is 0.327 e. The number of ether oxygens (including phenoxy) is 1. The van der Waals surface area contributed by atoms with Crippen LogP contribution in [0.4, 0.5) is 0 Å². The third kappa shape index (κ3) is 3.67. The molecule has 17 heavy (non-hydrogen) atoms. The first-order valence-electron chi connectivity index (χ1n) is 4.87. The van der Waals surface area contributed by atoms with Crippen LogP contribution in [-0.2, 0) is 4.79 Å². The number of methoxy groups -OCH3 is 1. The predicted molar refractivity (Wildman–Crippen MR) is 65.7 cm³/mol. The lowest BCUT2D eigenvalue weighted by molar-refractivity contribution is -0.138. The van der Waals surface area contributed by atoms with Crippen molar-refractivity contribution >= 4 is 24.5 Å². The van der Waals surface area contributed by atoms with E-state index in [0.29, 0.717) is 11.3 Å². The second kappa shape index (κ2) is 6.15. The van der Waals surface area contributed by atoms with E-state index in [4.69, 9.17) is 9.84 Å². The van der Waals surface area contributed by atoms with Crippen LogP contribution in [0.25, 0.3) is 0 Å². The highest BCUT2D eigenvalue weighted by Crippen LogP contribution is 2.12. The van der Waals surface area contributed by atoms with Gasteiger partial charge in [0, 0.05) is 11.3 Å². The molecule has 0 heterocycles. The molecule has 0 spiro atoms. The van der Waals surface area contributed by atoms with E-state index in [1.165, 1.54) is 13.2 Å². The number of rotatable bonds is 5. The Balaban J connectivity index is 2.78. The molecule has 0 fully saturated rings. The van der Waals surface area contributed by atoms with Crippen molar-refractivity contribution in [2.75, 3.05) is 12.9 Å². The molecule has 1 rings (SSSR count). The fourth-order valence-electron chi connectivity index (χ4n) is 1.19. The van der Waals surface area contributed by atoms with Crippen molar-refractivity contribution in [1.82, 2.24) is 5.32 Å². The van der Waals surface area contributed by atoms with E-state index in [1.54, 1.807) is 18.2 Å². The zero-order valence-electron chi connectivity index (χ0n) is 9.21. The Kier molecular flexibility index (Phi) is 4.84. The highest BCUT2D eigenvalue weighted by Gasteiger charge is 2.18. The van der Waals surface area contributed by atoms with Crippen molar-refractivity contribution in [1.29, 1.82) is 0 Å². The molecule has 92 valence electrons. The van der Waals surface area contributed by atoms with E-state index in [0.717, 1.165) is 0 Å². The fourth-order valence-corrected chi connectivity index (χ4v) is 1.44. The molecule has 0 saturated carbocycles. The van der Waals surface area contributed by atoms with Gasteiger partial charge >= 0.3 is 5.97 Å². The number of aliphatic carboxylic acids is 1. The van der Waals surface area contributed by atoms with Gasteiger partial charge in [-0.3, -0.25) is 4.79 Å². The molecular weight excluding hydrogens is 242 g/mol. The van der Waals surface area contributed by atoms with Gasteiger partial charge in [0.1, 0.15) is 11.8 Å². The van der Waals surface area contributed by atoms with Crippen molar-refractivity contribution in [2.24, 2.45) is 0 Å². The maximum atomic E-state index is 11.7. The van der Waals surface area contributed by atoms with Crippen LogP contribution in [0.3, 0.4) is 0 Å². The number of carboxylic acids is 1. The lowest BCUT2D eigenvalue weighted by Crippen LogP contribution is -2.42. The standard InChI is InChI=1S/C11H13NO4S/c1-16-8-4-2-3-7(5-8)10(13)12-9(6-17)11(14)15/h2-5,9,17H,6H2,1H3,(H,12,13)(H,14,15). The molecule has 0 aliphatic heterocycles. The highest BCUT2D eigenvalue weighted by molar-refractivity contribution is 7.80. The summed E-state index contributed by atoms with van der Waals surface area (Å²) >= 11 is 3.86. The van der Waals surface area contributed by atoms with Crippen molar-refractivity contribution in [3.63, 3.8) is 0 Å². The summed E-state index contributed by atoms with van der Waals surface area (Å²) in [6, 6.07) is 5.47. The van der Waals surface area contributed by atoms with E-state index < -0.39 is 17.9 Å². The van der Waals surface area contributed by atoms with Crippen LogP contribution in [0.1, 0.15) is 10.4 Å². The number of hydrogen-bond donors (Lipinski definition) is 3. The maximum absolute atomic E-state index is 11.7. The third-order valence-corrected chi connectivity index (χ3v) is 2.48. The number of hydrogen-bond acceptors (Lipinski definition) is 4. The van der Waals surface area contributed by atoms with Crippen LogP contribution >= 0.6 is 12.6 Å². The molecule has 0 aliphatic rings. The van der Waals surface area contributed by atoms with Crippen molar-refractivity contribution in [3.05, 3.63) is 29.8 Å². The zero-order valence-corrected chi connectivity index (χ0v) is 10.1. The summed E-state index contributed by atoms with van der Waals surface area (Å²) in [4.78, 5) is 22.5. The first-order valence-corrected chi connectivity index (χ1v) is 5.50. The summed E-state index contributed by atoms with van der Waals surface area (Å²) in [6.45, 7) is 0. The molecule has 0 aliphatic carbocycles. The molecule has 6 heteroatoms. The minimum absolute atomic E-state index is 0.0328. The van der Waals surface area contributed by atoms with E-state index in [-0.39, 0.29) is 5.75 Å². The first kappa shape index (κ1) is 13.4. The fraction of sp³-hybridized carbons (Fsp3) is 0.273. The lowest BCUT2D eigenvalue weighted by atomic mass is 10.2. The van der Waals surface area contributed by atoms with Gasteiger partial charge in [0.25, 0.3) is 5.91 Å². The van der Waals surface area contributed by atoms with Gasteiger partial charge < -0.3 is 15.2 Å². The molecule has 0 radical (unpaired) electrons. The monoisotopic (exact) mass is 255 g/mol. The minimum Gasteiger partial charge on any atom is -0.497 e. The van der Waals surface area contributed by atoms with Crippen LogP contribution in [0.5, 0.6) is 5.75 Å². The predicted octanol–water partition coefficient (Wildman–Crippen LogP) is 0.808. The van der Waals surface area contributed by atoms with E-state index in [1.807, 2.05) is 0 Å². The largest absolute Gasteiger partial charge is 0.497 e. The van der Waals surface area contributed by atoms with Gasteiger partial charge in [-0.05, 0) is 18.2 Å². The Morgan fingerprint density at radius 1 is 1.53 bits per heavy atom. The molecule has 1 atom stereocenters. The minimum atomic E-state index is -1.11. The Hall–Kier alpha value is -1.69. The van der Waals surface area contributed by atoms with Gasteiger partial charge in [-0.1, -0.05) is 6.07 Å². The molecule has 1 aromatic carbocycles.